The zero-order valence-electron chi connectivity index (χ0n) is 11.3. The zero-order valence-corrected chi connectivity index (χ0v) is 12.1. The van der Waals surface area contributed by atoms with Crippen LogP contribution in [0, 0.1) is 11.3 Å². The van der Waals surface area contributed by atoms with Crippen molar-refractivity contribution in [3.05, 3.63) is 22.4 Å². The summed E-state index contributed by atoms with van der Waals surface area (Å²) in [5, 5.41) is 2.07. The van der Waals surface area contributed by atoms with Crippen molar-refractivity contribution in [1.82, 2.24) is 0 Å². The summed E-state index contributed by atoms with van der Waals surface area (Å²) in [6, 6.07) is 4.13. The van der Waals surface area contributed by atoms with Crippen molar-refractivity contribution in [2.75, 3.05) is 6.61 Å². The van der Waals surface area contributed by atoms with Crippen LogP contribution in [0.5, 0.6) is 0 Å². The Morgan fingerprint density at radius 3 is 2.59 bits per heavy atom. The van der Waals surface area contributed by atoms with Gasteiger partial charge in [-0.3, -0.25) is 0 Å². The third-order valence-corrected chi connectivity index (χ3v) is 4.47. The molecule has 0 saturated carbocycles. The van der Waals surface area contributed by atoms with Crippen LogP contribution in [0.1, 0.15) is 39.5 Å². The van der Waals surface area contributed by atoms with Crippen molar-refractivity contribution in [3.63, 3.8) is 0 Å². The second kappa shape index (κ2) is 4.38. The monoisotopic (exact) mass is 254 g/mol. The molecule has 0 aromatic carbocycles. The van der Waals surface area contributed by atoms with Crippen molar-refractivity contribution in [2.24, 2.45) is 11.3 Å². The van der Waals surface area contributed by atoms with E-state index in [1.54, 1.807) is 11.3 Å². The Labute approximate surface area is 108 Å². The highest BCUT2D eigenvalue weighted by atomic mass is 32.1. The van der Waals surface area contributed by atoms with E-state index < -0.39 is 5.79 Å². The van der Waals surface area contributed by atoms with Gasteiger partial charge in [-0.1, -0.05) is 33.8 Å². The van der Waals surface area contributed by atoms with Gasteiger partial charge in [0.25, 0.3) is 0 Å². The highest BCUT2D eigenvalue weighted by Crippen LogP contribution is 2.43. The number of rotatable bonds is 2. The summed E-state index contributed by atoms with van der Waals surface area (Å²) >= 11 is 1.69. The lowest BCUT2D eigenvalue weighted by molar-refractivity contribution is -0.335. The summed E-state index contributed by atoms with van der Waals surface area (Å²) in [4.78, 5) is 1.15. The van der Waals surface area contributed by atoms with E-state index in [9.17, 15) is 0 Å². The Balaban J connectivity index is 2.25. The molecule has 0 spiro atoms. The fourth-order valence-corrected chi connectivity index (χ4v) is 3.33. The molecule has 2 rings (SSSR count). The molecule has 1 fully saturated rings. The van der Waals surface area contributed by atoms with Crippen molar-refractivity contribution in [2.45, 2.75) is 46.5 Å². The first-order valence-corrected chi connectivity index (χ1v) is 7.09. The molecule has 1 aliphatic heterocycles. The average molecular weight is 254 g/mol. The molecule has 0 radical (unpaired) electrons. The van der Waals surface area contributed by atoms with Gasteiger partial charge < -0.3 is 9.47 Å². The summed E-state index contributed by atoms with van der Waals surface area (Å²) in [5.41, 5.74) is 0.0743. The molecular weight excluding hydrogens is 232 g/mol. The van der Waals surface area contributed by atoms with Crippen LogP contribution in [0.2, 0.25) is 0 Å². The molecular formula is C14H22O2S. The third-order valence-electron chi connectivity index (χ3n) is 3.42. The Kier molecular flexibility index (Phi) is 3.36. The van der Waals surface area contributed by atoms with Crippen molar-refractivity contribution < 1.29 is 9.47 Å². The minimum absolute atomic E-state index is 0.0743. The van der Waals surface area contributed by atoms with Crippen LogP contribution in [0.15, 0.2) is 17.5 Å². The van der Waals surface area contributed by atoms with E-state index in [0.29, 0.717) is 5.92 Å². The highest BCUT2D eigenvalue weighted by molar-refractivity contribution is 7.10. The van der Waals surface area contributed by atoms with Crippen LogP contribution in [-0.4, -0.2) is 12.7 Å². The Hall–Kier alpha value is -0.380. The number of thiophene rings is 1. The molecule has 3 heteroatoms. The molecule has 1 aromatic heterocycles. The van der Waals surface area contributed by atoms with Gasteiger partial charge in [0.05, 0.1) is 17.6 Å². The van der Waals surface area contributed by atoms with Gasteiger partial charge >= 0.3 is 0 Å². The topological polar surface area (TPSA) is 18.5 Å². The first-order chi connectivity index (χ1) is 7.85. The van der Waals surface area contributed by atoms with Gasteiger partial charge in [0, 0.05) is 5.41 Å². The van der Waals surface area contributed by atoms with Crippen LogP contribution >= 0.6 is 11.3 Å². The fraction of sp³-hybridized carbons (Fsp3) is 0.714. The van der Waals surface area contributed by atoms with Gasteiger partial charge in [-0.15, -0.1) is 11.3 Å². The minimum atomic E-state index is -0.571. The normalized spacial score (nSPS) is 32.9. The predicted molar refractivity (Wildman–Crippen MR) is 71.1 cm³/mol. The molecule has 2 atom stereocenters. The second-order valence-corrected chi connectivity index (χ2v) is 6.93. The molecule has 1 saturated heterocycles. The smallest absolute Gasteiger partial charge is 0.201 e. The fourth-order valence-electron chi connectivity index (χ4n) is 2.55. The van der Waals surface area contributed by atoms with Crippen LogP contribution in [0.4, 0.5) is 0 Å². The van der Waals surface area contributed by atoms with Crippen molar-refractivity contribution >= 4 is 11.3 Å². The molecule has 1 aliphatic rings. The van der Waals surface area contributed by atoms with Gasteiger partial charge in [0.1, 0.15) is 0 Å². The summed E-state index contributed by atoms with van der Waals surface area (Å²) in [7, 11) is 0. The van der Waals surface area contributed by atoms with Gasteiger partial charge in [-0.05, 0) is 24.3 Å². The maximum absolute atomic E-state index is 6.28. The molecule has 0 bridgehead atoms. The van der Waals surface area contributed by atoms with Crippen LogP contribution in [0.25, 0.3) is 0 Å². The SMILES string of the molecule is CC(C)C1OC(C)(c2cccs2)OCC1(C)C. The van der Waals surface area contributed by atoms with E-state index in [1.807, 2.05) is 13.0 Å². The standard InChI is InChI=1S/C14H22O2S/c1-10(2)12-13(3,4)9-15-14(5,16-12)11-7-6-8-17-11/h6-8,10,12H,9H2,1-5H3. The van der Waals surface area contributed by atoms with Gasteiger partial charge in [0.2, 0.25) is 5.79 Å². The number of hydrogen-bond acceptors (Lipinski definition) is 3. The maximum Gasteiger partial charge on any atom is 0.201 e. The summed E-state index contributed by atoms with van der Waals surface area (Å²) in [6.45, 7) is 11.6. The lowest BCUT2D eigenvalue weighted by Crippen LogP contribution is -2.51. The summed E-state index contributed by atoms with van der Waals surface area (Å²) in [6.07, 6.45) is 0.225. The van der Waals surface area contributed by atoms with E-state index >= 15 is 0 Å². The maximum atomic E-state index is 6.28. The Morgan fingerprint density at radius 2 is 2.06 bits per heavy atom. The molecule has 0 N–H and O–H groups in total. The molecule has 0 amide bonds. The molecule has 2 nitrogen and oxygen atoms in total. The average Bonchev–Trinajstić information content (AvgIpc) is 2.75. The summed E-state index contributed by atoms with van der Waals surface area (Å²) in [5.74, 6) is -0.0771. The largest absolute Gasteiger partial charge is 0.345 e. The van der Waals surface area contributed by atoms with Crippen molar-refractivity contribution in [1.29, 1.82) is 0 Å². The highest BCUT2D eigenvalue weighted by Gasteiger charge is 2.46. The van der Waals surface area contributed by atoms with E-state index in [-0.39, 0.29) is 11.5 Å². The van der Waals surface area contributed by atoms with E-state index in [2.05, 4.69) is 39.1 Å². The van der Waals surface area contributed by atoms with Crippen molar-refractivity contribution in [3.8, 4) is 0 Å². The van der Waals surface area contributed by atoms with Crippen LogP contribution < -0.4 is 0 Å². The van der Waals surface area contributed by atoms with E-state index in [4.69, 9.17) is 9.47 Å². The third kappa shape index (κ3) is 2.42. The lowest BCUT2D eigenvalue weighted by Gasteiger charge is -2.48. The van der Waals surface area contributed by atoms with Gasteiger partial charge in [0.15, 0.2) is 0 Å². The van der Waals surface area contributed by atoms with E-state index in [1.165, 1.54) is 0 Å². The molecule has 1 aromatic rings. The molecule has 0 aliphatic carbocycles. The van der Waals surface area contributed by atoms with E-state index in [0.717, 1.165) is 11.5 Å². The van der Waals surface area contributed by atoms with Crippen LogP contribution in [0.3, 0.4) is 0 Å². The number of ether oxygens (including phenoxy) is 2. The molecule has 17 heavy (non-hydrogen) atoms. The van der Waals surface area contributed by atoms with Crippen LogP contribution in [-0.2, 0) is 15.3 Å². The van der Waals surface area contributed by atoms with Gasteiger partial charge in [-0.2, -0.15) is 0 Å². The zero-order chi connectivity index (χ0) is 12.7. The Bertz CT molecular complexity index is 370. The second-order valence-electron chi connectivity index (χ2n) is 5.98. The quantitative estimate of drug-likeness (QED) is 0.793. The molecule has 96 valence electrons. The molecule has 2 heterocycles. The van der Waals surface area contributed by atoms with Gasteiger partial charge in [-0.25, -0.2) is 0 Å². The minimum Gasteiger partial charge on any atom is -0.345 e. The predicted octanol–water partition coefficient (Wildman–Crippen LogP) is 4.02. The lowest BCUT2D eigenvalue weighted by atomic mass is 9.80. The number of hydrogen-bond donors (Lipinski definition) is 0. The first-order valence-electron chi connectivity index (χ1n) is 6.21. The molecule has 2 unspecified atom stereocenters. The summed E-state index contributed by atoms with van der Waals surface area (Å²) < 4.78 is 12.3. The Morgan fingerprint density at radius 1 is 1.35 bits per heavy atom. The first kappa shape index (κ1) is 13.1.